The topological polar surface area (TPSA) is 84.4 Å². The first-order valence-corrected chi connectivity index (χ1v) is 8.70. The van der Waals surface area contributed by atoms with Crippen LogP contribution >= 0.6 is 0 Å². The van der Waals surface area contributed by atoms with Crippen molar-refractivity contribution in [3.8, 4) is 11.3 Å². The number of likely N-dealkylation sites (tertiary alicyclic amines) is 1. The number of aliphatic hydroxyl groups is 1. The Morgan fingerprint density at radius 3 is 2.80 bits per heavy atom. The zero-order valence-corrected chi connectivity index (χ0v) is 14.5. The number of hydrogen-bond acceptors (Lipinski definition) is 5. The van der Waals surface area contributed by atoms with Gasteiger partial charge in [0.2, 0.25) is 0 Å². The minimum absolute atomic E-state index is 0.0878. The molecular weight excluding hydrogens is 320 g/mol. The number of rotatable bonds is 7. The monoisotopic (exact) mass is 344 g/mol. The van der Waals surface area contributed by atoms with Crippen LogP contribution in [-0.2, 0) is 13.6 Å². The lowest BCUT2D eigenvalue weighted by molar-refractivity contribution is -0.384. The number of nitrogens with zero attached hydrogens (tertiary/aromatic N) is 4. The summed E-state index contributed by atoms with van der Waals surface area (Å²) in [7, 11) is 1.89. The Morgan fingerprint density at radius 1 is 1.36 bits per heavy atom. The summed E-state index contributed by atoms with van der Waals surface area (Å²) in [6.07, 6.45) is 6.24. The molecule has 2 aromatic rings. The molecule has 0 aliphatic carbocycles. The number of aliphatic hydroxyl groups excluding tert-OH is 1. The van der Waals surface area contributed by atoms with E-state index in [9.17, 15) is 10.1 Å². The molecule has 1 aromatic carbocycles. The maximum atomic E-state index is 10.8. The van der Waals surface area contributed by atoms with E-state index in [0.717, 1.165) is 42.8 Å². The summed E-state index contributed by atoms with van der Waals surface area (Å²) in [4.78, 5) is 12.9. The zero-order valence-electron chi connectivity index (χ0n) is 14.5. The highest BCUT2D eigenvalue weighted by molar-refractivity contribution is 5.64. The van der Waals surface area contributed by atoms with Gasteiger partial charge in [0.25, 0.3) is 5.69 Å². The summed E-state index contributed by atoms with van der Waals surface area (Å²) in [6.45, 7) is 2.12. The summed E-state index contributed by atoms with van der Waals surface area (Å²) in [6, 6.07) is 7.08. The van der Waals surface area contributed by atoms with E-state index in [1.54, 1.807) is 16.8 Å². The van der Waals surface area contributed by atoms with Crippen LogP contribution in [0.4, 0.5) is 5.69 Å². The molecule has 0 spiro atoms. The molecule has 1 aliphatic rings. The van der Waals surface area contributed by atoms with Crippen molar-refractivity contribution in [2.45, 2.75) is 38.3 Å². The molecule has 1 aromatic heterocycles. The van der Waals surface area contributed by atoms with Crippen LogP contribution in [0.25, 0.3) is 11.3 Å². The molecule has 1 aliphatic heterocycles. The van der Waals surface area contributed by atoms with Crippen LogP contribution in [0.1, 0.15) is 31.2 Å². The van der Waals surface area contributed by atoms with Crippen molar-refractivity contribution in [3.63, 3.8) is 0 Å². The Balaban J connectivity index is 1.80. The van der Waals surface area contributed by atoms with Gasteiger partial charge in [0.15, 0.2) is 0 Å². The smallest absolute Gasteiger partial charge is 0.269 e. The molecule has 3 rings (SSSR count). The first-order valence-electron chi connectivity index (χ1n) is 8.70. The SMILES string of the molecule is Cn1cc(CN2CCCC2CCCO)c(-c2ccc([N+](=O)[O-])cc2)n1. The second kappa shape index (κ2) is 7.76. The van der Waals surface area contributed by atoms with Gasteiger partial charge in [-0.05, 0) is 44.4 Å². The van der Waals surface area contributed by atoms with Gasteiger partial charge in [0, 0.05) is 55.7 Å². The summed E-state index contributed by atoms with van der Waals surface area (Å²) in [5.41, 5.74) is 3.00. The van der Waals surface area contributed by atoms with E-state index in [1.807, 2.05) is 13.2 Å². The van der Waals surface area contributed by atoms with Crippen molar-refractivity contribution in [3.05, 3.63) is 46.1 Å². The average molecular weight is 344 g/mol. The molecule has 7 nitrogen and oxygen atoms in total. The number of nitro groups is 1. The first kappa shape index (κ1) is 17.6. The molecule has 7 heteroatoms. The number of aryl methyl sites for hydroxylation is 1. The molecule has 0 amide bonds. The molecule has 0 bridgehead atoms. The molecule has 1 N–H and O–H groups in total. The average Bonchev–Trinajstić information content (AvgIpc) is 3.19. The molecule has 0 radical (unpaired) electrons. The highest BCUT2D eigenvalue weighted by Gasteiger charge is 2.25. The van der Waals surface area contributed by atoms with Gasteiger partial charge in [0.1, 0.15) is 0 Å². The van der Waals surface area contributed by atoms with Gasteiger partial charge in [-0.15, -0.1) is 0 Å². The maximum absolute atomic E-state index is 10.8. The van der Waals surface area contributed by atoms with E-state index < -0.39 is 0 Å². The summed E-state index contributed by atoms with van der Waals surface area (Å²) in [5, 5.41) is 24.5. The lowest BCUT2D eigenvalue weighted by Crippen LogP contribution is -2.29. The zero-order chi connectivity index (χ0) is 17.8. The lowest BCUT2D eigenvalue weighted by atomic mass is 10.1. The predicted molar refractivity (Wildman–Crippen MR) is 95.1 cm³/mol. The molecule has 0 saturated carbocycles. The van der Waals surface area contributed by atoms with Crippen molar-refractivity contribution >= 4 is 5.69 Å². The summed E-state index contributed by atoms with van der Waals surface area (Å²) in [5.74, 6) is 0. The van der Waals surface area contributed by atoms with Crippen molar-refractivity contribution in [2.75, 3.05) is 13.2 Å². The molecule has 1 fully saturated rings. The fraction of sp³-hybridized carbons (Fsp3) is 0.500. The normalized spacial score (nSPS) is 17.9. The number of hydrogen-bond donors (Lipinski definition) is 1. The van der Waals surface area contributed by atoms with Crippen LogP contribution in [-0.4, -0.2) is 43.9 Å². The molecule has 25 heavy (non-hydrogen) atoms. The number of nitro benzene ring substituents is 1. The van der Waals surface area contributed by atoms with Gasteiger partial charge < -0.3 is 5.11 Å². The van der Waals surface area contributed by atoms with Crippen LogP contribution in [0.2, 0.25) is 0 Å². The Hall–Kier alpha value is -2.25. The van der Waals surface area contributed by atoms with Crippen LogP contribution < -0.4 is 0 Å². The van der Waals surface area contributed by atoms with E-state index in [0.29, 0.717) is 6.04 Å². The number of aromatic nitrogens is 2. The largest absolute Gasteiger partial charge is 0.396 e. The quantitative estimate of drug-likeness (QED) is 0.617. The van der Waals surface area contributed by atoms with Crippen molar-refractivity contribution in [1.82, 2.24) is 14.7 Å². The maximum Gasteiger partial charge on any atom is 0.269 e. The Kier molecular flexibility index (Phi) is 5.45. The highest BCUT2D eigenvalue weighted by atomic mass is 16.6. The van der Waals surface area contributed by atoms with Gasteiger partial charge in [-0.3, -0.25) is 19.7 Å². The molecule has 2 heterocycles. The van der Waals surface area contributed by atoms with Gasteiger partial charge in [-0.25, -0.2) is 0 Å². The van der Waals surface area contributed by atoms with Crippen molar-refractivity contribution < 1.29 is 10.0 Å². The fourth-order valence-corrected chi connectivity index (χ4v) is 3.61. The van der Waals surface area contributed by atoms with E-state index in [-0.39, 0.29) is 17.2 Å². The van der Waals surface area contributed by atoms with E-state index in [4.69, 9.17) is 5.11 Å². The van der Waals surface area contributed by atoms with Crippen molar-refractivity contribution in [2.24, 2.45) is 7.05 Å². The third-order valence-corrected chi connectivity index (χ3v) is 4.82. The molecular formula is C18H24N4O3. The second-order valence-corrected chi connectivity index (χ2v) is 6.61. The molecule has 134 valence electrons. The fourth-order valence-electron chi connectivity index (χ4n) is 3.61. The Labute approximate surface area is 147 Å². The number of non-ortho nitro benzene ring substituents is 1. The number of benzene rings is 1. The predicted octanol–water partition coefficient (Wildman–Crippen LogP) is 2.73. The van der Waals surface area contributed by atoms with Gasteiger partial charge in [0.05, 0.1) is 10.6 Å². The van der Waals surface area contributed by atoms with E-state index in [2.05, 4.69) is 10.00 Å². The third-order valence-electron chi connectivity index (χ3n) is 4.82. The van der Waals surface area contributed by atoms with E-state index in [1.165, 1.54) is 25.0 Å². The summed E-state index contributed by atoms with van der Waals surface area (Å²) >= 11 is 0. The van der Waals surface area contributed by atoms with Crippen LogP contribution in [0.3, 0.4) is 0 Å². The Bertz CT molecular complexity index is 726. The van der Waals surface area contributed by atoms with Crippen LogP contribution in [0.15, 0.2) is 30.5 Å². The lowest BCUT2D eigenvalue weighted by Gasteiger charge is -2.24. The second-order valence-electron chi connectivity index (χ2n) is 6.61. The molecule has 1 saturated heterocycles. The first-order chi connectivity index (χ1) is 12.1. The van der Waals surface area contributed by atoms with Gasteiger partial charge in [-0.1, -0.05) is 0 Å². The molecule has 1 unspecified atom stereocenters. The minimum Gasteiger partial charge on any atom is -0.396 e. The van der Waals surface area contributed by atoms with Gasteiger partial charge in [-0.2, -0.15) is 5.10 Å². The minimum atomic E-state index is -0.390. The highest BCUT2D eigenvalue weighted by Crippen LogP contribution is 2.29. The van der Waals surface area contributed by atoms with Crippen LogP contribution in [0, 0.1) is 10.1 Å². The van der Waals surface area contributed by atoms with E-state index >= 15 is 0 Å². The Morgan fingerprint density at radius 2 is 2.12 bits per heavy atom. The third kappa shape index (κ3) is 4.05. The molecule has 1 atom stereocenters. The standard InChI is InChI=1S/C18H24N4O3/c1-20-12-15(13-21-10-2-4-16(21)5-3-11-23)18(19-20)14-6-8-17(9-7-14)22(24)25/h6-9,12,16,23H,2-5,10-11,13H2,1H3. The van der Waals surface area contributed by atoms with Crippen LogP contribution in [0.5, 0.6) is 0 Å². The van der Waals surface area contributed by atoms with Crippen molar-refractivity contribution in [1.29, 1.82) is 0 Å². The summed E-state index contributed by atoms with van der Waals surface area (Å²) < 4.78 is 1.80. The van der Waals surface area contributed by atoms with Gasteiger partial charge >= 0.3 is 0 Å².